The third kappa shape index (κ3) is 5.32. The van der Waals surface area contributed by atoms with Gasteiger partial charge in [0, 0.05) is 24.2 Å². The number of fused-ring (bicyclic) bond motifs is 1. The number of aromatic nitrogens is 1. The number of H-pyrrole nitrogens is 1. The lowest BCUT2D eigenvalue weighted by Crippen LogP contribution is -2.32. The van der Waals surface area contributed by atoms with Crippen molar-refractivity contribution in [3.8, 4) is 5.75 Å². The lowest BCUT2D eigenvalue weighted by molar-refractivity contribution is 0.0600. The van der Waals surface area contributed by atoms with Crippen LogP contribution in [0.5, 0.6) is 5.75 Å². The molecule has 1 N–H and O–H groups in total. The molecule has 0 spiro atoms. The summed E-state index contributed by atoms with van der Waals surface area (Å²) in [6.45, 7) is 1.82. The van der Waals surface area contributed by atoms with E-state index in [1.165, 1.54) is 35.7 Å². The molecule has 0 amide bonds. The highest BCUT2D eigenvalue weighted by atomic mass is 32.2. The Balaban J connectivity index is 1.75. The Morgan fingerprint density at radius 2 is 1.61 bits per heavy atom. The Hall–Kier alpha value is -3.95. The number of methoxy groups -OCH3 is 2. The van der Waals surface area contributed by atoms with Crippen molar-refractivity contribution in [1.29, 1.82) is 0 Å². The quantitative estimate of drug-likeness (QED) is 0.362. The molecule has 186 valence electrons. The van der Waals surface area contributed by atoms with Crippen LogP contribution in [0.4, 0.5) is 0 Å². The smallest absolute Gasteiger partial charge is 0.337 e. The van der Waals surface area contributed by atoms with Gasteiger partial charge in [-0.25, -0.2) is 13.2 Å². The second-order valence-electron chi connectivity index (χ2n) is 8.35. The van der Waals surface area contributed by atoms with Gasteiger partial charge in [-0.05, 0) is 72.5 Å². The summed E-state index contributed by atoms with van der Waals surface area (Å²) >= 11 is 0. The Morgan fingerprint density at radius 3 is 2.25 bits per heavy atom. The van der Waals surface area contributed by atoms with E-state index in [1.807, 2.05) is 25.1 Å². The minimum absolute atomic E-state index is 0.00303. The van der Waals surface area contributed by atoms with E-state index < -0.39 is 16.0 Å². The summed E-state index contributed by atoms with van der Waals surface area (Å²) in [5, 5.41) is 0.814. The van der Waals surface area contributed by atoms with E-state index >= 15 is 0 Å². The molecule has 1 aromatic heterocycles. The average Bonchev–Trinajstić information content (AvgIpc) is 2.88. The predicted octanol–water partition coefficient (Wildman–Crippen LogP) is 4.02. The third-order valence-electron chi connectivity index (χ3n) is 5.85. The van der Waals surface area contributed by atoms with Crippen LogP contribution in [0.2, 0.25) is 0 Å². The normalized spacial score (nSPS) is 11.6. The summed E-state index contributed by atoms with van der Waals surface area (Å²) in [5.41, 5.74) is 2.61. The van der Waals surface area contributed by atoms with Crippen molar-refractivity contribution < 1.29 is 22.7 Å². The van der Waals surface area contributed by atoms with Gasteiger partial charge in [0.1, 0.15) is 5.75 Å². The molecular weight excluding hydrogens is 480 g/mol. The van der Waals surface area contributed by atoms with Crippen molar-refractivity contribution in [1.82, 2.24) is 9.29 Å². The number of aryl methyl sites for hydroxylation is 1. The van der Waals surface area contributed by atoms with Crippen LogP contribution in [0.1, 0.15) is 27.0 Å². The molecule has 0 radical (unpaired) electrons. The third-order valence-corrected chi connectivity index (χ3v) is 7.66. The molecule has 0 atom stereocenters. The van der Waals surface area contributed by atoms with Crippen LogP contribution in [-0.2, 0) is 27.8 Å². The first-order chi connectivity index (χ1) is 17.2. The molecule has 0 aliphatic rings. The van der Waals surface area contributed by atoms with Crippen molar-refractivity contribution in [2.45, 2.75) is 24.9 Å². The summed E-state index contributed by atoms with van der Waals surface area (Å²) in [6, 6.07) is 19.9. The zero-order valence-corrected chi connectivity index (χ0v) is 21.0. The molecule has 4 rings (SSSR count). The summed E-state index contributed by atoms with van der Waals surface area (Å²) in [6.07, 6.45) is 0. The Morgan fingerprint density at radius 1 is 0.917 bits per heavy atom. The fourth-order valence-electron chi connectivity index (χ4n) is 3.87. The van der Waals surface area contributed by atoms with Gasteiger partial charge in [-0.3, -0.25) is 4.79 Å². The number of sulfonamides is 1. The number of ether oxygens (including phenoxy) is 2. The van der Waals surface area contributed by atoms with Crippen molar-refractivity contribution in [3.63, 3.8) is 0 Å². The standard InChI is InChI=1S/C27H26N2O6S/c1-18-4-13-25-21(14-18)15-22(26(30)28-25)17-29(16-19-5-9-23(34-2)10-6-19)36(32,33)24-11-7-20(8-12-24)27(31)35-3/h4-15H,16-17H2,1-3H3,(H,28,30). The molecule has 0 bridgehead atoms. The molecule has 4 aromatic rings. The summed E-state index contributed by atoms with van der Waals surface area (Å²) in [4.78, 5) is 27.5. The van der Waals surface area contributed by atoms with Crippen molar-refractivity contribution in [2.24, 2.45) is 0 Å². The van der Waals surface area contributed by atoms with Gasteiger partial charge in [-0.2, -0.15) is 4.31 Å². The van der Waals surface area contributed by atoms with E-state index in [0.29, 0.717) is 16.8 Å². The molecule has 3 aromatic carbocycles. The van der Waals surface area contributed by atoms with Crippen LogP contribution in [0.25, 0.3) is 10.9 Å². The zero-order valence-electron chi connectivity index (χ0n) is 20.1. The first kappa shape index (κ1) is 25.2. The second kappa shape index (κ2) is 10.3. The molecule has 0 aliphatic carbocycles. The van der Waals surface area contributed by atoms with Gasteiger partial charge in [0.25, 0.3) is 5.56 Å². The number of nitrogens with one attached hydrogen (secondary N) is 1. The first-order valence-corrected chi connectivity index (χ1v) is 12.6. The van der Waals surface area contributed by atoms with Crippen molar-refractivity contribution in [2.75, 3.05) is 14.2 Å². The van der Waals surface area contributed by atoms with Crippen LogP contribution in [0.3, 0.4) is 0 Å². The maximum absolute atomic E-state index is 13.7. The minimum Gasteiger partial charge on any atom is -0.497 e. The molecule has 0 saturated heterocycles. The van der Waals surface area contributed by atoms with Crippen LogP contribution < -0.4 is 10.3 Å². The van der Waals surface area contributed by atoms with E-state index in [4.69, 9.17) is 9.47 Å². The van der Waals surface area contributed by atoms with Gasteiger partial charge in [-0.15, -0.1) is 0 Å². The Kier molecular flexibility index (Phi) is 7.23. The van der Waals surface area contributed by atoms with Gasteiger partial charge in [0.2, 0.25) is 10.0 Å². The zero-order chi connectivity index (χ0) is 25.9. The number of hydrogen-bond acceptors (Lipinski definition) is 6. The Labute approximate surface area is 209 Å². The number of nitrogens with zero attached hydrogens (tertiary/aromatic N) is 1. The highest BCUT2D eigenvalue weighted by molar-refractivity contribution is 7.89. The maximum atomic E-state index is 13.7. The summed E-state index contributed by atoms with van der Waals surface area (Å²) in [7, 11) is -1.23. The molecule has 0 aliphatic heterocycles. The predicted molar refractivity (Wildman–Crippen MR) is 137 cm³/mol. The van der Waals surface area contributed by atoms with Gasteiger partial charge in [-0.1, -0.05) is 23.8 Å². The largest absolute Gasteiger partial charge is 0.497 e. The Bertz CT molecular complexity index is 1560. The fraction of sp³-hybridized carbons (Fsp3) is 0.185. The van der Waals surface area contributed by atoms with Gasteiger partial charge >= 0.3 is 5.97 Å². The highest BCUT2D eigenvalue weighted by Gasteiger charge is 2.26. The topological polar surface area (TPSA) is 106 Å². The van der Waals surface area contributed by atoms with Crippen LogP contribution in [-0.4, -0.2) is 37.9 Å². The maximum Gasteiger partial charge on any atom is 0.337 e. The summed E-state index contributed by atoms with van der Waals surface area (Å²) < 4.78 is 38.6. The minimum atomic E-state index is -4.04. The lowest BCUT2D eigenvalue weighted by Gasteiger charge is -2.23. The van der Waals surface area contributed by atoms with E-state index in [0.717, 1.165) is 16.5 Å². The molecule has 8 nitrogen and oxygen atoms in total. The molecule has 0 saturated carbocycles. The molecule has 36 heavy (non-hydrogen) atoms. The molecule has 1 heterocycles. The number of carbonyl (C=O) groups is 1. The number of rotatable bonds is 8. The van der Waals surface area contributed by atoms with E-state index in [2.05, 4.69) is 4.98 Å². The van der Waals surface area contributed by atoms with Crippen LogP contribution in [0, 0.1) is 6.92 Å². The van der Waals surface area contributed by atoms with E-state index in [-0.39, 0.29) is 29.1 Å². The first-order valence-electron chi connectivity index (χ1n) is 11.2. The molecule has 9 heteroatoms. The number of carbonyl (C=O) groups excluding carboxylic acids is 1. The number of esters is 1. The van der Waals surface area contributed by atoms with Gasteiger partial charge in [0.15, 0.2) is 0 Å². The molecule has 0 fully saturated rings. The lowest BCUT2D eigenvalue weighted by atomic mass is 10.1. The highest BCUT2D eigenvalue weighted by Crippen LogP contribution is 2.23. The van der Waals surface area contributed by atoms with Crippen molar-refractivity contribution in [3.05, 3.63) is 105 Å². The van der Waals surface area contributed by atoms with Crippen LogP contribution >= 0.6 is 0 Å². The number of benzene rings is 3. The molecular formula is C27H26N2O6S. The number of hydrogen-bond donors (Lipinski definition) is 1. The fourth-order valence-corrected chi connectivity index (χ4v) is 5.28. The van der Waals surface area contributed by atoms with Gasteiger partial charge < -0.3 is 14.5 Å². The number of aromatic amines is 1. The van der Waals surface area contributed by atoms with E-state index in [1.54, 1.807) is 37.4 Å². The van der Waals surface area contributed by atoms with E-state index in [9.17, 15) is 18.0 Å². The second-order valence-corrected chi connectivity index (χ2v) is 10.3. The monoisotopic (exact) mass is 506 g/mol. The average molecular weight is 507 g/mol. The van der Waals surface area contributed by atoms with Gasteiger partial charge in [0.05, 0.1) is 24.7 Å². The SMILES string of the molecule is COC(=O)c1ccc(S(=O)(=O)N(Cc2ccc(OC)cc2)Cc2cc3cc(C)ccc3[nH]c2=O)cc1. The van der Waals surface area contributed by atoms with Crippen LogP contribution in [0.15, 0.2) is 82.5 Å². The number of pyridine rings is 1. The summed E-state index contributed by atoms with van der Waals surface area (Å²) in [5.74, 6) is 0.0833. The molecule has 0 unspecified atom stereocenters. The van der Waals surface area contributed by atoms with Crippen molar-refractivity contribution >= 4 is 26.9 Å².